The van der Waals surface area contributed by atoms with E-state index in [-0.39, 0.29) is 5.91 Å². The zero-order valence-electron chi connectivity index (χ0n) is 11.4. The summed E-state index contributed by atoms with van der Waals surface area (Å²) < 4.78 is 0. The van der Waals surface area contributed by atoms with Crippen molar-refractivity contribution in [3.63, 3.8) is 0 Å². The quantitative estimate of drug-likeness (QED) is 0.761. The SMILES string of the molecule is CCCN(CC(=O)Nc1cccc(N)c1)C(C)C. The highest BCUT2D eigenvalue weighted by atomic mass is 16.2. The molecule has 0 aliphatic carbocycles. The number of rotatable bonds is 6. The topological polar surface area (TPSA) is 58.4 Å². The Balaban J connectivity index is 2.55. The molecular weight excluding hydrogens is 226 g/mol. The number of nitrogens with zero attached hydrogens (tertiary/aromatic N) is 1. The first-order valence-corrected chi connectivity index (χ1v) is 6.42. The molecule has 0 atom stereocenters. The second-order valence-corrected chi connectivity index (χ2v) is 4.74. The average Bonchev–Trinajstić information content (AvgIpc) is 2.28. The fourth-order valence-corrected chi connectivity index (χ4v) is 1.81. The molecule has 0 saturated carbocycles. The molecule has 3 N–H and O–H groups in total. The van der Waals surface area contributed by atoms with E-state index in [1.165, 1.54) is 0 Å². The van der Waals surface area contributed by atoms with Gasteiger partial charge in [0.25, 0.3) is 0 Å². The molecule has 18 heavy (non-hydrogen) atoms. The monoisotopic (exact) mass is 249 g/mol. The summed E-state index contributed by atoms with van der Waals surface area (Å²) in [5.74, 6) is 0.00255. The number of nitrogen functional groups attached to an aromatic ring is 1. The first-order valence-electron chi connectivity index (χ1n) is 6.42. The van der Waals surface area contributed by atoms with E-state index in [0.717, 1.165) is 18.7 Å². The number of amides is 1. The van der Waals surface area contributed by atoms with Gasteiger partial charge in [-0.15, -0.1) is 0 Å². The van der Waals surface area contributed by atoms with Crippen molar-refractivity contribution in [1.29, 1.82) is 0 Å². The molecule has 1 rings (SSSR count). The molecule has 4 heteroatoms. The Kier molecular flexibility index (Phi) is 5.65. The van der Waals surface area contributed by atoms with E-state index in [1.54, 1.807) is 12.1 Å². The smallest absolute Gasteiger partial charge is 0.238 e. The molecule has 0 unspecified atom stereocenters. The van der Waals surface area contributed by atoms with Crippen LogP contribution in [0.2, 0.25) is 0 Å². The van der Waals surface area contributed by atoms with Crippen LogP contribution >= 0.6 is 0 Å². The van der Waals surface area contributed by atoms with E-state index in [4.69, 9.17) is 5.73 Å². The Bertz CT molecular complexity index is 390. The molecule has 4 nitrogen and oxygen atoms in total. The van der Waals surface area contributed by atoms with Crippen molar-refractivity contribution >= 4 is 17.3 Å². The van der Waals surface area contributed by atoms with Crippen LogP contribution in [0.3, 0.4) is 0 Å². The lowest BCUT2D eigenvalue weighted by molar-refractivity contribution is -0.117. The summed E-state index contributed by atoms with van der Waals surface area (Å²) >= 11 is 0. The second-order valence-electron chi connectivity index (χ2n) is 4.74. The van der Waals surface area contributed by atoms with Crippen molar-refractivity contribution in [2.75, 3.05) is 24.1 Å². The van der Waals surface area contributed by atoms with E-state index >= 15 is 0 Å². The van der Waals surface area contributed by atoms with Crippen LogP contribution in [-0.4, -0.2) is 29.9 Å². The van der Waals surface area contributed by atoms with Gasteiger partial charge in [-0.3, -0.25) is 9.69 Å². The van der Waals surface area contributed by atoms with Gasteiger partial charge >= 0.3 is 0 Å². The van der Waals surface area contributed by atoms with Gasteiger partial charge in [0.15, 0.2) is 0 Å². The van der Waals surface area contributed by atoms with Gasteiger partial charge in [0, 0.05) is 17.4 Å². The number of nitrogens with one attached hydrogen (secondary N) is 1. The predicted molar refractivity (Wildman–Crippen MR) is 76.5 cm³/mol. The highest BCUT2D eigenvalue weighted by molar-refractivity contribution is 5.92. The molecule has 1 aromatic carbocycles. The first kappa shape index (κ1) is 14.5. The van der Waals surface area contributed by atoms with E-state index in [2.05, 4.69) is 31.0 Å². The van der Waals surface area contributed by atoms with Crippen LogP contribution in [0, 0.1) is 0 Å². The zero-order chi connectivity index (χ0) is 13.5. The van der Waals surface area contributed by atoms with Crippen molar-refractivity contribution in [2.24, 2.45) is 0 Å². The molecule has 0 spiro atoms. The van der Waals surface area contributed by atoms with Crippen molar-refractivity contribution in [3.05, 3.63) is 24.3 Å². The predicted octanol–water partition coefficient (Wildman–Crippen LogP) is 2.33. The number of hydrogen-bond acceptors (Lipinski definition) is 3. The summed E-state index contributed by atoms with van der Waals surface area (Å²) in [5.41, 5.74) is 7.07. The molecule has 0 fully saturated rings. The van der Waals surface area contributed by atoms with Gasteiger partial charge in [-0.25, -0.2) is 0 Å². The van der Waals surface area contributed by atoms with Crippen LogP contribution in [-0.2, 0) is 4.79 Å². The lowest BCUT2D eigenvalue weighted by Crippen LogP contribution is -2.38. The molecular formula is C14H23N3O. The maximum atomic E-state index is 11.9. The Morgan fingerprint density at radius 1 is 1.44 bits per heavy atom. The fraction of sp³-hybridized carbons (Fsp3) is 0.500. The van der Waals surface area contributed by atoms with Gasteiger partial charge in [0.05, 0.1) is 6.54 Å². The van der Waals surface area contributed by atoms with E-state index in [1.807, 2.05) is 12.1 Å². The lowest BCUT2D eigenvalue weighted by atomic mass is 10.2. The van der Waals surface area contributed by atoms with Crippen LogP contribution in [0.1, 0.15) is 27.2 Å². The number of nitrogens with two attached hydrogens (primary N) is 1. The normalized spacial score (nSPS) is 10.9. The number of benzene rings is 1. The summed E-state index contributed by atoms with van der Waals surface area (Å²) in [5, 5.41) is 2.87. The summed E-state index contributed by atoms with van der Waals surface area (Å²) in [6.07, 6.45) is 1.05. The zero-order valence-corrected chi connectivity index (χ0v) is 11.4. The van der Waals surface area contributed by atoms with Crippen molar-refractivity contribution in [2.45, 2.75) is 33.2 Å². The van der Waals surface area contributed by atoms with Crippen molar-refractivity contribution in [3.8, 4) is 0 Å². The molecule has 0 aliphatic heterocycles. The third-order valence-electron chi connectivity index (χ3n) is 2.76. The number of hydrogen-bond donors (Lipinski definition) is 2. The Morgan fingerprint density at radius 2 is 2.17 bits per heavy atom. The molecule has 0 radical (unpaired) electrons. The number of anilines is 2. The van der Waals surface area contributed by atoms with E-state index < -0.39 is 0 Å². The largest absolute Gasteiger partial charge is 0.399 e. The Morgan fingerprint density at radius 3 is 2.72 bits per heavy atom. The molecule has 0 bridgehead atoms. The molecule has 0 aromatic heterocycles. The summed E-state index contributed by atoms with van der Waals surface area (Å²) in [6.45, 7) is 7.67. The summed E-state index contributed by atoms with van der Waals surface area (Å²) in [7, 11) is 0. The highest BCUT2D eigenvalue weighted by Gasteiger charge is 2.13. The fourth-order valence-electron chi connectivity index (χ4n) is 1.81. The second kappa shape index (κ2) is 7.01. The van der Waals surface area contributed by atoms with E-state index in [9.17, 15) is 4.79 Å². The van der Waals surface area contributed by atoms with Crippen LogP contribution in [0.5, 0.6) is 0 Å². The van der Waals surface area contributed by atoms with Gasteiger partial charge in [-0.05, 0) is 45.0 Å². The standard InChI is InChI=1S/C14H23N3O/c1-4-8-17(11(2)3)10-14(18)16-13-7-5-6-12(15)9-13/h5-7,9,11H,4,8,10,15H2,1-3H3,(H,16,18). The average molecular weight is 249 g/mol. The van der Waals surface area contributed by atoms with Crippen LogP contribution < -0.4 is 11.1 Å². The third-order valence-corrected chi connectivity index (χ3v) is 2.76. The minimum absolute atomic E-state index is 0.00255. The van der Waals surface area contributed by atoms with Crippen molar-refractivity contribution < 1.29 is 4.79 Å². The maximum absolute atomic E-state index is 11.9. The Labute approximate surface area is 109 Å². The minimum Gasteiger partial charge on any atom is -0.399 e. The Hall–Kier alpha value is -1.55. The van der Waals surface area contributed by atoms with Crippen LogP contribution in [0.25, 0.3) is 0 Å². The van der Waals surface area contributed by atoms with Gasteiger partial charge < -0.3 is 11.1 Å². The summed E-state index contributed by atoms with van der Waals surface area (Å²) in [6, 6.07) is 7.60. The lowest BCUT2D eigenvalue weighted by Gasteiger charge is -2.25. The number of carbonyl (C=O) groups excluding carboxylic acids is 1. The molecule has 100 valence electrons. The maximum Gasteiger partial charge on any atom is 0.238 e. The molecule has 0 heterocycles. The number of carbonyl (C=O) groups is 1. The molecule has 1 amide bonds. The molecule has 0 saturated heterocycles. The third kappa shape index (κ3) is 4.75. The van der Waals surface area contributed by atoms with Crippen LogP contribution in [0.4, 0.5) is 11.4 Å². The van der Waals surface area contributed by atoms with Gasteiger partial charge in [-0.1, -0.05) is 13.0 Å². The molecule has 1 aromatic rings. The first-order chi connectivity index (χ1) is 8.52. The van der Waals surface area contributed by atoms with Gasteiger partial charge in [0.1, 0.15) is 0 Å². The molecule has 0 aliphatic rings. The van der Waals surface area contributed by atoms with Gasteiger partial charge in [0.2, 0.25) is 5.91 Å². The van der Waals surface area contributed by atoms with Crippen LogP contribution in [0.15, 0.2) is 24.3 Å². The van der Waals surface area contributed by atoms with Crippen molar-refractivity contribution in [1.82, 2.24) is 4.90 Å². The highest BCUT2D eigenvalue weighted by Crippen LogP contribution is 2.11. The van der Waals surface area contributed by atoms with E-state index in [0.29, 0.717) is 18.3 Å². The van der Waals surface area contributed by atoms with Gasteiger partial charge in [-0.2, -0.15) is 0 Å². The summed E-state index contributed by atoms with van der Waals surface area (Å²) in [4.78, 5) is 14.1. The minimum atomic E-state index is 0.00255.